The summed E-state index contributed by atoms with van der Waals surface area (Å²) in [7, 11) is 0. The lowest BCUT2D eigenvalue weighted by Gasteiger charge is -2.13. The molecular weight excluding hydrogens is 220 g/mol. The SMILES string of the molecule is Cc1ccc(CC(=O)NN2CCOC2=O)cc1. The van der Waals surface area contributed by atoms with Gasteiger partial charge in [-0.25, -0.2) is 9.80 Å². The molecule has 0 bridgehead atoms. The molecular formula is C12H14N2O3. The van der Waals surface area contributed by atoms with E-state index < -0.39 is 6.09 Å². The number of nitrogens with zero attached hydrogens (tertiary/aromatic N) is 1. The van der Waals surface area contributed by atoms with Gasteiger partial charge in [0.05, 0.1) is 13.0 Å². The van der Waals surface area contributed by atoms with Gasteiger partial charge in [-0.2, -0.15) is 0 Å². The monoisotopic (exact) mass is 234 g/mol. The molecule has 0 spiro atoms. The van der Waals surface area contributed by atoms with E-state index in [1.165, 1.54) is 5.01 Å². The van der Waals surface area contributed by atoms with Gasteiger partial charge in [0, 0.05) is 0 Å². The highest BCUT2D eigenvalue weighted by Gasteiger charge is 2.23. The van der Waals surface area contributed by atoms with E-state index >= 15 is 0 Å². The molecule has 1 saturated heterocycles. The van der Waals surface area contributed by atoms with Crippen LogP contribution in [0.3, 0.4) is 0 Å². The molecule has 90 valence electrons. The van der Waals surface area contributed by atoms with Crippen LogP contribution >= 0.6 is 0 Å². The highest BCUT2D eigenvalue weighted by Crippen LogP contribution is 2.05. The number of hydrazine groups is 1. The summed E-state index contributed by atoms with van der Waals surface area (Å²) < 4.78 is 4.70. The van der Waals surface area contributed by atoms with Crippen molar-refractivity contribution in [2.45, 2.75) is 13.3 Å². The summed E-state index contributed by atoms with van der Waals surface area (Å²) in [5.74, 6) is -0.215. The second-order valence-corrected chi connectivity index (χ2v) is 3.96. The smallest absolute Gasteiger partial charge is 0.428 e. The molecule has 1 aromatic carbocycles. The maximum atomic E-state index is 11.6. The van der Waals surface area contributed by atoms with Crippen molar-refractivity contribution >= 4 is 12.0 Å². The first-order valence-electron chi connectivity index (χ1n) is 5.44. The average molecular weight is 234 g/mol. The van der Waals surface area contributed by atoms with Crippen LogP contribution in [0.2, 0.25) is 0 Å². The Kier molecular flexibility index (Phi) is 3.27. The van der Waals surface area contributed by atoms with Crippen LogP contribution in [-0.2, 0) is 16.0 Å². The van der Waals surface area contributed by atoms with Crippen molar-refractivity contribution in [3.8, 4) is 0 Å². The quantitative estimate of drug-likeness (QED) is 0.849. The third kappa shape index (κ3) is 2.96. The Morgan fingerprint density at radius 1 is 1.41 bits per heavy atom. The summed E-state index contributed by atoms with van der Waals surface area (Å²) in [5, 5.41) is 1.19. The maximum absolute atomic E-state index is 11.6. The number of benzene rings is 1. The normalized spacial score (nSPS) is 14.6. The molecule has 0 saturated carbocycles. The molecule has 2 rings (SSSR count). The lowest BCUT2D eigenvalue weighted by molar-refractivity contribution is -0.123. The van der Waals surface area contributed by atoms with Crippen LogP contribution in [0.1, 0.15) is 11.1 Å². The highest BCUT2D eigenvalue weighted by atomic mass is 16.6. The Bertz CT molecular complexity index is 428. The number of aryl methyl sites for hydroxylation is 1. The zero-order chi connectivity index (χ0) is 12.3. The molecule has 5 heteroatoms. The Morgan fingerprint density at radius 2 is 2.12 bits per heavy atom. The molecule has 5 nitrogen and oxygen atoms in total. The predicted molar refractivity (Wildman–Crippen MR) is 61.1 cm³/mol. The van der Waals surface area contributed by atoms with Crippen LogP contribution in [0, 0.1) is 6.92 Å². The Hall–Kier alpha value is -2.04. The van der Waals surface area contributed by atoms with E-state index in [-0.39, 0.29) is 12.3 Å². The molecule has 0 atom stereocenters. The molecule has 0 aliphatic carbocycles. The molecule has 1 aromatic rings. The van der Waals surface area contributed by atoms with Crippen LogP contribution in [0.25, 0.3) is 0 Å². The first-order chi connectivity index (χ1) is 8.15. The Morgan fingerprint density at radius 3 is 2.71 bits per heavy atom. The van der Waals surface area contributed by atoms with E-state index in [1.807, 2.05) is 31.2 Å². The average Bonchev–Trinajstić information content (AvgIpc) is 2.68. The summed E-state index contributed by atoms with van der Waals surface area (Å²) in [6, 6.07) is 7.70. The third-order valence-corrected chi connectivity index (χ3v) is 2.51. The second-order valence-electron chi connectivity index (χ2n) is 3.96. The van der Waals surface area contributed by atoms with Crippen molar-refractivity contribution in [1.29, 1.82) is 0 Å². The van der Waals surface area contributed by atoms with E-state index in [4.69, 9.17) is 4.74 Å². The molecule has 1 N–H and O–H groups in total. The number of hydrogen-bond donors (Lipinski definition) is 1. The summed E-state index contributed by atoms with van der Waals surface area (Å²) in [5.41, 5.74) is 4.58. The van der Waals surface area contributed by atoms with Crippen LogP contribution in [0.15, 0.2) is 24.3 Å². The zero-order valence-corrected chi connectivity index (χ0v) is 9.60. The minimum Gasteiger partial charge on any atom is -0.446 e. The molecule has 0 radical (unpaired) electrons. The van der Waals surface area contributed by atoms with Gasteiger partial charge in [0.15, 0.2) is 0 Å². The molecule has 1 heterocycles. The van der Waals surface area contributed by atoms with Gasteiger partial charge >= 0.3 is 6.09 Å². The number of cyclic esters (lactones) is 1. The Labute approximate surface area is 99.3 Å². The summed E-state index contributed by atoms with van der Waals surface area (Å²) in [6.07, 6.45) is -0.244. The molecule has 0 aromatic heterocycles. The van der Waals surface area contributed by atoms with E-state index in [0.717, 1.165) is 11.1 Å². The van der Waals surface area contributed by atoms with Gasteiger partial charge < -0.3 is 4.74 Å². The number of carbonyl (C=O) groups excluding carboxylic acids is 2. The number of amides is 2. The van der Waals surface area contributed by atoms with Crippen LogP contribution in [-0.4, -0.2) is 30.2 Å². The number of ether oxygens (including phenoxy) is 1. The van der Waals surface area contributed by atoms with Crippen molar-refractivity contribution < 1.29 is 14.3 Å². The Balaban J connectivity index is 1.88. The van der Waals surface area contributed by atoms with Gasteiger partial charge in [-0.1, -0.05) is 29.8 Å². The molecule has 17 heavy (non-hydrogen) atoms. The van der Waals surface area contributed by atoms with Crippen molar-refractivity contribution in [2.75, 3.05) is 13.2 Å². The fraction of sp³-hybridized carbons (Fsp3) is 0.333. The van der Waals surface area contributed by atoms with Crippen molar-refractivity contribution in [3.63, 3.8) is 0 Å². The van der Waals surface area contributed by atoms with Gasteiger partial charge in [-0.3, -0.25) is 10.2 Å². The summed E-state index contributed by atoms with van der Waals surface area (Å²) in [4.78, 5) is 22.7. The fourth-order valence-electron chi connectivity index (χ4n) is 1.58. The van der Waals surface area contributed by atoms with E-state index in [0.29, 0.717) is 13.2 Å². The first-order valence-corrected chi connectivity index (χ1v) is 5.44. The van der Waals surface area contributed by atoms with Gasteiger partial charge in [-0.05, 0) is 12.5 Å². The van der Waals surface area contributed by atoms with Gasteiger partial charge in [0.1, 0.15) is 6.61 Å². The zero-order valence-electron chi connectivity index (χ0n) is 9.60. The summed E-state index contributed by atoms with van der Waals surface area (Å²) in [6.45, 7) is 2.71. The molecule has 0 unspecified atom stereocenters. The van der Waals surface area contributed by atoms with Gasteiger partial charge in [-0.15, -0.1) is 0 Å². The fourth-order valence-corrected chi connectivity index (χ4v) is 1.58. The van der Waals surface area contributed by atoms with E-state index in [9.17, 15) is 9.59 Å². The number of carbonyl (C=O) groups is 2. The lowest BCUT2D eigenvalue weighted by Crippen LogP contribution is -2.43. The maximum Gasteiger partial charge on any atom is 0.428 e. The second kappa shape index (κ2) is 4.86. The van der Waals surface area contributed by atoms with Crippen LogP contribution in [0.4, 0.5) is 4.79 Å². The number of nitrogens with one attached hydrogen (secondary N) is 1. The van der Waals surface area contributed by atoms with E-state index in [2.05, 4.69) is 5.43 Å². The lowest BCUT2D eigenvalue weighted by atomic mass is 10.1. The van der Waals surface area contributed by atoms with Crippen LogP contribution in [0.5, 0.6) is 0 Å². The largest absolute Gasteiger partial charge is 0.446 e. The molecule has 1 aliphatic heterocycles. The molecule has 2 amide bonds. The topological polar surface area (TPSA) is 58.6 Å². The minimum atomic E-state index is -0.498. The van der Waals surface area contributed by atoms with Gasteiger partial charge in [0.25, 0.3) is 0 Å². The minimum absolute atomic E-state index is 0.215. The molecule has 1 fully saturated rings. The summed E-state index contributed by atoms with van der Waals surface area (Å²) >= 11 is 0. The molecule has 1 aliphatic rings. The van der Waals surface area contributed by atoms with Gasteiger partial charge in [0.2, 0.25) is 5.91 Å². The van der Waals surface area contributed by atoms with Crippen molar-refractivity contribution in [3.05, 3.63) is 35.4 Å². The van der Waals surface area contributed by atoms with Crippen molar-refractivity contribution in [2.24, 2.45) is 0 Å². The number of hydrogen-bond acceptors (Lipinski definition) is 3. The van der Waals surface area contributed by atoms with Crippen molar-refractivity contribution in [1.82, 2.24) is 10.4 Å². The van der Waals surface area contributed by atoms with E-state index in [1.54, 1.807) is 0 Å². The standard InChI is InChI=1S/C12H14N2O3/c1-9-2-4-10(5-3-9)8-11(15)13-14-6-7-17-12(14)16/h2-5H,6-8H2,1H3,(H,13,15). The van der Waals surface area contributed by atoms with Crippen LogP contribution < -0.4 is 5.43 Å². The third-order valence-electron chi connectivity index (χ3n) is 2.51. The predicted octanol–water partition coefficient (Wildman–Crippen LogP) is 1.02. The first kappa shape index (κ1) is 11.4. The number of rotatable bonds is 3. The highest BCUT2D eigenvalue weighted by molar-refractivity contribution is 5.81.